The monoisotopic (exact) mass is 301 g/mol. The minimum Gasteiger partial charge on any atom is -0.472 e. The Bertz CT molecular complexity index is 441. The first-order chi connectivity index (χ1) is 9.72. The summed E-state index contributed by atoms with van der Waals surface area (Å²) in [5, 5.41) is 14.8. The van der Waals surface area contributed by atoms with E-state index in [2.05, 4.69) is 25.7 Å². The molecule has 1 aliphatic heterocycles. The smallest absolute Gasteiger partial charge is 0.314 e. The quantitative estimate of drug-likeness (QED) is 0.775. The van der Waals surface area contributed by atoms with Crippen molar-refractivity contribution in [3.05, 3.63) is 5.01 Å². The van der Waals surface area contributed by atoms with Gasteiger partial charge in [-0.05, 0) is 0 Å². The van der Waals surface area contributed by atoms with E-state index in [1.165, 1.54) is 11.3 Å². The summed E-state index contributed by atoms with van der Waals surface area (Å²) in [6, 6.07) is -0.0518. The predicted octanol–water partition coefficient (Wildman–Crippen LogP) is -0.324. The lowest BCUT2D eigenvalue weighted by molar-refractivity contribution is -0.0100. The molecule has 1 fully saturated rings. The van der Waals surface area contributed by atoms with E-state index in [4.69, 9.17) is 9.47 Å². The number of nitrogens with zero attached hydrogens (tertiary/aromatic N) is 3. The third-order valence-corrected chi connectivity index (χ3v) is 3.91. The van der Waals surface area contributed by atoms with E-state index in [-0.39, 0.29) is 12.1 Å². The highest BCUT2D eigenvalue weighted by Crippen LogP contribution is 2.20. The Morgan fingerprint density at radius 2 is 2.45 bits per heavy atom. The van der Waals surface area contributed by atoms with Crippen LogP contribution in [0.1, 0.15) is 5.01 Å². The molecule has 8 nitrogen and oxygen atoms in total. The molecule has 0 aromatic carbocycles. The third-order valence-electron chi connectivity index (χ3n) is 3.04. The molecular formula is C11H19N5O3S. The second-order valence-corrected chi connectivity index (χ2v) is 5.35. The number of aromatic nitrogens is 2. The van der Waals surface area contributed by atoms with Crippen LogP contribution in [0.4, 0.5) is 4.79 Å². The largest absolute Gasteiger partial charge is 0.472 e. The average Bonchev–Trinajstić information content (AvgIpc) is 2.93. The van der Waals surface area contributed by atoms with Crippen LogP contribution in [0.2, 0.25) is 0 Å². The number of nitrogens with one attached hydrogen (secondary N) is 2. The van der Waals surface area contributed by atoms with Gasteiger partial charge in [0.05, 0.1) is 32.9 Å². The van der Waals surface area contributed by atoms with Gasteiger partial charge in [0.15, 0.2) is 0 Å². The Labute approximate surface area is 121 Å². The number of hydrogen-bond donors (Lipinski definition) is 2. The highest BCUT2D eigenvalue weighted by Gasteiger charge is 2.24. The molecule has 0 aliphatic carbocycles. The molecule has 2 heterocycles. The zero-order valence-corrected chi connectivity index (χ0v) is 12.4. The molecule has 2 rings (SSSR count). The van der Waals surface area contributed by atoms with E-state index in [1.54, 1.807) is 14.2 Å². The molecule has 0 radical (unpaired) electrons. The maximum Gasteiger partial charge on any atom is 0.314 e. The zero-order valence-electron chi connectivity index (χ0n) is 11.6. The molecule has 1 saturated heterocycles. The zero-order chi connectivity index (χ0) is 14.4. The molecule has 112 valence electrons. The van der Waals surface area contributed by atoms with Crippen molar-refractivity contribution >= 4 is 17.4 Å². The normalized spacial score (nSPS) is 19.6. The predicted molar refractivity (Wildman–Crippen MR) is 73.9 cm³/mol. The number of amides is 2. The highest BCUT2D eigenvalue weighted by atomic mass is 32.1. The Kier molecular flexibility index (Phi) is 5.50. The molecule has 1 aromatic rings. The summed E-state index contributed by atoms with van der Waals surface area (Å²) < 4.78 is 10.5. The number of hydrogen-bond acceptors (Lipinski definition) is 7. The van der Waals surface area contributed by atoms with Crippen LogP contribution in [0.3, 0.4) is 0 Å². The summed E-state index contributed by atoms with van der Waals surface area (Å²) >= 11 is 1.43. The maximum atomic E-state index is 11.2. The van der Waals surface area contributed by atoms with Gasteiger partial charge in [-0.25, -0.2) is 4.79 Å². The van der Waals surface area contributed by atoms with Crippen LogP contribution in [-0.4, -0.2) is 67.6 Å². The van der Waals surface area contributed by atoms with Crippen molar-refractivity contribution in [1.82, 2.24) is 25.7 Å². The Hall–Kier alpha value is -1.45. The molecule has 0 bridgehead atoms. The van der Waals surface area contributed by atoms with Gasteiger partial charge >= 0.3 is 6.03 Å². The molecule has 1 unspecified atom stereocenters. The first-order valence-electron chi connectivity index (χ1n) is 6.36. The van der Waals surface area contributed by atoms with E-state index in [0.29, 0.717) is 31.5 Å². The van der Waals surface area contributed by atoms with Crippen molar-refractivity contribution in [1.29, 1.82) is 0 Å². The first kappa shape index (κ1) is 14.9. The fraction of sp³-hybridized carbons (Fsp3) is 0.727. The lowest BCUT2D eigenvalue weighted by Crippen LogP contribution is -2.51. The van der Waals surface area contributed by atoms with E-state index >= 15 is 0 Å². The standard InChI is InChI=1S/C11H19N5O3S/c1-12-10(17)13-5-8-7-19-4-3-16(8)6-9-14-15-11(18-2)20-9/h8H,3-7H2,1-2H3,(H2,12,13,17). The van der Waals surface area contributed by atoms with Crippen LogP contribution in [0.25, 0.3) is 0 Å². The van der Waals surface area contributed by atoms with Gasteiger partial charge in [0.2, 0.25) is 0 Å². The molecule has 1 aliphatic rings. The van der Waals surface area contributed by atoms with Crippen molar-refractivity contribution in [3.63, 3.8) is 0 Å². The number of carbonyl (C=O) groups excluding carboxylic acids is 1. The highest BCUT2D eigenvalue weighted by molar-refractivity contribution is 7.13. The average molecular weight is 301 g/mol. The van der Waals surface area contributed by atoms with E-state index in [1.807, 2.05) is 0 Å². The van der Waals surface area contributed by atoms with Gasteiger partial charge in [-0.3, -0.25) is 4.90 Å². The maximum absolute atomic E-state index is 11.2. The Morgan fingerprint density at radius 1 is 1.60 bits per heavy atom. The number of morpholine rings is 1. The van der Waals surface area contributed by atoms with Crippen molar-refractivity contribution in [2.24, 2.45) is 0 Å². The van der Waals surface area contributed by atoms with Crippen molar-refractivity contribution in [2.45, 2.75) is 12.6 Å². The van der Waals surface area contributed by atoms with E-state index in [0.717, 1.165) is 11.6 Å². The second-order valence-electron chi connectivity index (χ2n) is 4.33. The van der Waals surface area contributed by atoms with Crippen molar-refractivity contribution in [2.75, 3.05) is 40.5 Å². The van der Waals surface area contributed by atoms with Crippen LogP contribution in [0.5, 0.6) is 5.19 Å². The topological polar surface area (TPSA) is 88.6 Å². The van der Waals surface area contributed by atoms with Crippen LogP contribution in [0, 0.1) is 0 Å². The van der Waals surface area contributed by atoms with E-state index in [9.17, 15) is 4.79 Å². The van der Waals surface area contributed by atoms with Crippen molar-refractivity contribution in [3.8, 4) is 5.19 Å². The van der Waals surface area contributed by atoms with Crippen molar-refractivity contribution < 1.29 is 14.3 Å². The van der Waals surface area contributed by atoms with Crippen LogP contribution in [0.15, 0.2) is 0 Å². The molecule has 1 aromatic heterocycles. The summed E-state index contributed by atoms with van der Waals surface area (Å²) in [4.78, 5) is 13.5. The summed E-state index contributed by atoms with van der Waals surface area (Å²) in [5.41, 5.74) is 0. The number of methoxy groups -OCH3 is 1. The van der Waals surface area contributed by atoms with Gasteiger partial charge in [0.1, 0.15) is 5.01 Å². The number of rotatable bonds is 5. The van der Waals surface area contributed by atoms with E-state index < -0.39 is 0 Å². The minimum atomic E-state index is -0.187. The van der Waals surface area contributed by atoms with Crippen LogP contribution < -0.4 is 15.4 Å². The molecule has 2 N–H and O–H groups in total. The van der Waals surface area contributed by atoms with Gasteiger partial charge in [-0.1, -0.05) is 11.3 Å². The lowest BCUT2D eigenvalue weighted by atomic mass is 10.2. The SMILES string of the molecule is CNC(=O)NCC1COCCN1Cc1nnc(OC)s1. The van der Waals surface area contributed by atoms with Crippen LogP contribution >= 0.6 is 11.3 Å². The molecule has 0 saturated carbocycles. The Balaban J connectivity index is 1.90. The molecule has 1 atom stereocenters. The van der Waals surface area contributed by atoms with Gasteiger partial charge in [-0.2, -0.15) is 0 Å². The van der Waals surface area contributed by atoms with Gasteiger partial charge in [0, 0.05) is 20.1 Å². The summed E-state index contributed by atoms with van der Waals surface area (Å²) in [6.45, 7) is 3.31. The molecule has 2 amide bonds. The second kappa shape index (κ2) is 7.36. The first-order valence-corrected chi connectivity index (χ1v) is 7.18. The summed E-state index contributed by atoms with van der Waals surface area (Å²) in [5.74, 6) is 0. The Morgan fingerprint density at radius 3 is 3.15 bits per heavy atom. The molecule has 9 heteroatoms. The number of carbonyl (C=O) groups is 1. The molecular weight excluding hydrogens is 282 g/mol. The summed E-state index contributed by atoms with van der Waals surface area (Å²) in [6.07, 6.45) is 0. The fourth-order valence-corrected chi connectivity index (χ4v) is 2.62. The van der Waals surface area contributed by atoms with Gasteiger partial charge in [0.25, 0.3) is 5.19 Å². The van der Waals surface area contributed by atoms with Gasteiger partial charge < -0.3 is 20.1 Å². The summed E-state index contributed by atoms with van der Waals surface area (Å²) in [7, 11) is 3.17. The molecule has 20 heavy (non-hydrogen) atoms. The van der Waals surface area contributed by atoms with Gasteiger partial charge in [-0.15, -0.1) is 10.2 Å². The third kappa shape index (κ3) is 4.02. The molecule has 0 spiro atoms. The lowest BCUT2D eigenvalue weighted by Gasteiger charge is -2.34. The minimum absolute atomic E-state index is 0.135. The van der Waals surface area contributed by atoms with Crippen LogP contribution in [-0.2, 0) is 11.3 Å². The fourth-order valence-electron chi connectivity index (χ4n) is 1.94. The number of urea groups is 1. The number of ether oxygens (including phenoxy) is 2.